The Bertz CT molecular complexity index is 358. The fourth-order valence-corrected chi connectivity index (χ4v) is 2.66. The Morgan fingerprint density at radius 2 is 1.89 bits per heavy atom. The fourth-order valence-electron chi connectivity index (χ4n) is 2.66. The first-order chi connectivity index (χ1) is 9.18. The van der Waals surface area contributed by atoms with Gasteiger partial charge in [0.05, 0.1) is 5.60 Å². The molecule has 3 heteroatoms. The lowest BCUT2D eigenvalue weighted by Gasteiger charge is -2.24. The van der Waals surface area contributed by atoms with E-state index in [0.717, 1.165) is 18.5 Å². The highest BCUT2D eigenvalue weighted by atomic mass is 16.3. The van der Waals surface area contributed by atoms with Gasteiger partial charge in [-0.3, -0.25) is 0 Å². The topological polar surface area (TPSA) is 35.5 Å². The van der Waals surface area contributed by atoms with Crippen LogP contribution in [0.1, 0.15) is 31.7 Å². The molecule has 1 aliphatic heterocycles. The van der Waals surface area contributed by atoms with Crippen LogP contribution in [0.5, 0.6) is 0 Å². The van der Waals surface area contributed by atoms with Gasteiger partial charge in [0.15, 0.2) is 0 Å². The van der Waals surface area contributed by atoms with E-state index >= 15 is 0 Å². The van der Waals surface area contributed by atoms with E-state index in [1.165, 1.54) is 32.5 Å². The van der Waals surface area contributed by atoms with Crippen molar-refractivity contribution >= 4 is 0 Å². The number of nitrogens with zero attached hydrogens (tertiary/aromatic N) is 1. The Hall–Kier alpha value is -0.900. The second-order valence-corrected chi connectivity index (χ2v) is 5.72. The Morgan fingerprint density at radius 3 is 2.58 bits per heavy atom. The maximum Gasteiger partial charge on any atom is 0.0992 e. The number of benzene rings is 1. The predicted molar refractivity (Wildman–Crippen MR) is 79.2 cm³/mol. The standard InChI is InChI=1S/C16H26N2O/c1-16(19,15-8-3-2-4-9-15)14-17-10-7-13-18-11-5-6-12-18/h2-4,8-9,17,19H,5-7,10-14H2,1H3. The van der Waals surface area contributed by atoms with Crippen LogP contribution in [0.4, 0.5) is 0 Å². The fraction of sp³-hybridized carbons (Fsp3) is 0.625. The highest BCUT2D eigenvalue weighted by molar-refractivity contribution is 5.21. The number of nitrogens with one attached hydrogen (secondary N) is 1. The molecule has 0 aromatic heterocycles. The van der Waals surface area contributed by atoms with E-state index < -0.39 is 5.60 Å². The van der Waals surface area contributed by atoms with Crippen LogP contribution in [-0.4, -0.2) is 42.7 Å². The van der Waals surface area contributed by atoms with Crippen molar-refractivity contribution in [3.05, 3.63) is 35.9 Å². The Balaban J connectivity index is 1.64. The van der Waals surface area contributed by atoms with Gasteiger partial charge < -0.3 is 15.3 Å². The van der Waals surface area contributed by atoms with E-state index in [2.05, 4.69) is 10.2 Å². The SMILES string of the molecule is CC(O)(CNCCCN1CCCC1)c1ccccc1. The first-order valence-corrected chi connectivity index (χ1v) is 7.39. The lowest BCUT2D eigenvalue weighted by molar-refractivity contribution is 0.0569. The third-order valence-corrected chi connectivity index (χ3v) is 3.89. The highest BCUT2D eigenvalue weighted by Crippen LogP contribution is 2.18. The molecule has 1 unspecified atom stereocenters. The summed E-state index contributed by atoms with van der Waals surface area (Å²) < 4.78 is 0. The van der Waals surface area contributed by atoms with Gasteiger partial charge in [0.25, 0.3) is 0 Å². The van der Waals surface area contributed by atoms with Crippen LogP contribution in [0.25, 0.3) is 0 Å². The third kappa shape index (κ3) is 4.60. The summed E-state index contributed by atoms with van der Waals surface area (Å²) in [6.45, 7) is 7.16. The summed E-state index contributed by atoms with van der Waals surface area (Å²) in [6.07, 6.45) is 3.87. The van der Waals surface area contributed by atoms with Gasteiger partial charge >= 0.3 is 0 Å². The van der Waals surface area contributed by atoms with E-state index in [-0.39, 0.29) is 0 Å². The maximum absolute atomic E-state index is 10.4. The molecule has 0 radical (unpaired) electrons. The van der Waals surface area contributed by atoms with Crippen molar-refractivity contribution in [2.75, 3.05) is 32.7 Å². The average Bonchev–Trinajstić information content (AvgIpc) is 2.92. The summed E-state index contributed by atoms with van der Waals surface area (Å²) in [5.74, 6) is 0. The lowest BCUT2D eigenvalue weighted by atomic mass is 9.96. The monoisotopic (exact) mass is 262 g/mol. The molecule has 0 spiro atoms. The minimum Gasteiger partial charge on any atom is -0.384 e. The van der Waals surface area contributed by atoms with Crippen molar-refractivity contribution in [1.29, 1.82) is 0 Å². The quantitative estimate of drug-likeness (QED) is 0.738. The predicted octanol–water partition coefficient (Wildman–Crippen LogP) is 1.97. The van der Waals surface area contributed by atoms with Crippen LogP contribution < -0.4 is 5.32 Å². The minimum atomic E-state index is -0.783. The summed E-state index contributed by atoms with van der Waals surface area (Å²) in [5, 5.41) is 13.8. The maximum atomic E-state index is 10.4. The number of rotatable bonds is 7. The van der Waals surface area contributed by atoms with Gasteiger partial charge in [-0.2, -0.15) is 0 Å². The van der Waals surface area contributed by atoms with Crippen molar-refractivity contribution < 1.29 is 5.11 Å². The molecule has 0 amide bonds. The molecule has 106 valence electrons. The molecular formula is C16H26N2O. The highest BCUT2D eigenvalue weighted by Gasteiger charge is 2.21. The van der Waals surface area contributed by atoms with Crippen LogP contribution >= 0.6 is 0 Å². The zero-order chi connectivity index (χ0) is 13.6. The number of likely N-dealkylation sites (tertiary alicyclic amines) is 1. The lowest BCUT2D eigenvalue weighted by Crippen LogP contribution is -2.36. The van der Waals surface area contributed by atoms with Gasteiger partial charge in [-0.15, -0.1) is 0 Å². The molecule has 19 heavy (non-hydrogen) atoms. The second kappa shape index (κ2) is 7.04. The second-order valence-electron chi connectivity index (χ2n) is 5.72. The molecule has 1 fully saturated rings. The molecule has 0 bridgehead atoms. The smallest absolute Gasteiger partial charge is 0.0992 e. The van der Waals surface area contributed by atoms with Gasteiger partial charge in [-0.05, 0) is 57.9 Å². The molecule has 1 aliphatic rings. The summed E-state index contributed by atoms with van der Waals surface area (Å²) in [5.41, 5.74) is 0.191. The average molecular weight is 262 g/mol. The van der Waals surface area contributed by atoms with Gasteiger partial charge in [-0.25, -0.2) is 0 Å². The Labute approximate surface area is 116 Å². The Kier molecular flexibility index (Phi) is 5.37. The largest absolute Gasteiger partial charge is 0.384 e. The first kappa shape index (κ1) is 14.5. The molecule has 0 aliphatic carbocycles. The van der Waals surface area contributed by atoms with Gasteiger partial charge in [0, 0.05) is 6.54 Å². The number of hydrogen-bond acceptors (Lipinski definition) is 3. The third-order valence-electron chi connectivity index (χ3n) is 3.89. The van der Waals surface area contributed by atoms with Crippen LogP contribution in [0.15, 0.2) is 30.3 Å². The van der Waals surface area contributed by atoms with Crippen LogP contribution in [0.2, 0.25) is 0 Å². The zero-order valence-electron chi connectivity index (χ0n) is 11.9. The molecule has 1 atom stereocenters. The van der Waals surface area contributed by atoms with E-state index in [1.54, 1.807) is 0 Å². The van der Waals surface area contributed by atoms with Crippen molar-refractivity contribution in [3.8, 4) is 0 Å². The summed E-state index contributed by atoms with van der Waals surface area (Å²) >= 11 is 0. The normalized spacial score (nSPS) is 19.5. The molecule has 1 heterocycles. The van der Waals surface area contributed by atoms with Crippen molar-refractivity contribution in [3.63, 3.8) is 0 Å². The Morgan fingerprint density at radius 1 is 1.21 bits per heavy atom. The van der Waals surface area contributed by atoms with E-state index in [0.29, 0.717) is 6.54 Å². The molecule has 1 aromatic rings. The summed E-state index contributed by atoms with van der Waals surface area (Å²) in [4.78, 5) is 2.52. The van der Waals surface area contributed by atoms with Crippen molar-refractivity contribution in [2.24, 2.45) is 0 Å². The molecular weight excluding hydrogens is 236 g/mol. The molecule has 1 aromatic carbocycles. The van der Waals surface area contributed by atoms with E-state index in [1.807, 2.05) is 37.3 Å². The molecule has 1 saturated heterocycles. The van der Waals surface area contributed by atoms with Gasteiger partial charge in [0.2, 0.25) is 0 Å². The van der Waals surface area contributed by atoms with Crippen molar-refractivity contribution in [2.45, 2.75) is 31.8 Å². The molecule has 0 saturated carbocycles. The number of hydrogen-bond donors (Lipinski definition) is 2. The van der Waals surface area contributed by atoms with Crippen LogP contribution in [0.3, 0.4) is 0 Å². The van der Waals surface area contributed by atoms with Crippen LogP contribution in [-0.2, 0) is 5.60 Å². The zero-order valence-corrected chi connectivity index (χ0v) is 11.9. The van der Waals surface area contributed by atoms with E-state index in [4.69, 9.17) is 0 Å². The minimum absolute atomic E-state index is 0.608. The van der Waals surface area contributed by atoms with E-state index in [9.17, 15) is 5.11 Å². The van der Waals surface area contributed by atoms with Gasteiger partial charge in [0.1, 0.15) is 0 Å². The first-order valence-electron chi connectivity index (χ1n) is 7.39. The molecule has 2 N–H and O–H groups in total. The summed E-state index contributed by atoms with van der Waals surface area (Å²) in [6, 6.07) is 9.87. The molecule has 3 nitrogen and oxygen atoms in total. The summed E-state index contributed by atoms with van der Waals surface area (Å²) in [7, 11) is 0. The van der Waals surface area contributed by atoms with Crippen molar-refractivity contribution in [1.82, 2.24) is 10.2 Å². The molecule has 2 rings (SSSR count). The number of aliphatic hydroxyl groups is 1. The van der Waals surface area contributed by atoms with Gasteiger partial charge in [-0.1, -0.05) is 30.3 Å². The van der Waals surface area contributed by atoms with Crippen LogP contribution in [0, 0.1) is 0 Å².